The molecule has 18 heavy (non-hydrogen) atoms. The number of rotatable bonds is 6. The van der Waals surface area contributed by atoms with Gasteiger partial charge in [-0.2, -0.15) is 0 Å². The number of hydrogen-bond donors (Lipinski definition) is 2. The van der Waals surface area contributed by atoms with Crippen molar-refractivity contribution in [2.24, 2.45) is 5.73 Å². The van der Waals surface area contributed by atoms with Crippen molar-refractivity contribution in [3.05, 3.63) is 28.0 Å². The van der Waals surface area contributed by atoms with Gasteiger partial charge in [0.2, 0.25) is 0 Å². The van der Waals surface area contributed by atoms with Crippen LogP contribution in [-0.4, -0.2) is 24.3 Å². The van der Waals surface area contributed by atoms with Crippen LogP contribution in [0.25, 0.3) is 0 Å². The molecule has 0 bridgehead atoms. The summed E-state index contributed by atoms with van der Waals surface area (Å²) in [5, 5.41) is 8.90. The van der Waals surface area contributed by atoms with E-state index >= 15 is 0 Å². The van der Waals surface area contributed by atoms with Gasteiger partial charge in [0, 0.05) is 25.7 Å². The van der Waals surface area contributed by atoms with E-state index in [-0.39, 0.29) is 18.5 Å². The average molecular weight is 319 g/mol. The summed E-state index contributed by atoms with van der Waals surface area (Å²) >= 11 is 3.25. The van der Waals surface area contributed by atoms with E-state index in [2.05, 4.69) is 15.9 Å². The van der Waals surface area contributed by atoms with Gasteiger partial charge in [-0.1, -0.05) is 6.07 Å². The third-order valence-electron chi connectivity index (χ3n) is 2.85. The lowest BCUT2D eigenvalue weighted by Crippen LogP contribution is -2.33. The molecule has 0 fully saturated rings. The number of nitrogens with two attached hydrogens (primary N) is 1. The van der Waals surface area contributed by atoms with Gasteiger partial charge in [0.1, 0.15) is 0 Å². The highest BCUT2D eigenvalue weighted by molar-refractivity contribution is 9.10. The summed E-state index contributed by atoms with van der Waals surface area (Å²) in [5.41, 5.74) is 6.84. The van der Waals surface area contributed by atoms with Gasteiger partial charge in [0.25, 0.3) is 0 Å². The molecule has 3 N–H and O–H groups in total. The molecule has 0 radical (unpaired) electrons. The van der Waals surface area contributed by atoms with Crippen molar-refractivity contribution in [1.82, 2.24) is 0 Å². The molecule has 0 unspecified atom stereocenters. The third kappa shape index (κ3) is 3.43. The highest BCUT2D eigenvalue weighted by atomic mass is 79.9. The van der Waals surface area contributed by atoms with E-state index in [1.165, 1.54) is 0 Å². The number of halogens is 2. The van der Waals surface area contributed by atoms with E-state index in [0.29, 0.717) is 29.7 Å². The van der Waals surface area contributed by atoms with Gasteiger partial charge < -0.3 is 15.7 Å². The summed E-state index contributed by atoms with van der Waals surface area (Å²) in [7, 11) is 0. The smallest absolute Gasteiger partial charge is 0.160 e. The zero-order valence-corrected chi connectivity index (χ0v) is 12.4. The molecule has 5 heteroatoms. The van der Waals surface area contributed by atoms with Gasteiger partial charge in [0.05, 0.1) is 10.2 Å². The second kappa shape index (κ2) is 7.07. The monoisotopic (exact) mass is 318 g/mol. The minimum atomic E-state index is -0.287. The van der Waals surface area contributed by atoms with Crippen molar-refractivity contribution < 1.29 is 9.50 Å². The molecule has 1 aromatic rings. The highest BCUT2D eigenvalue weighted by Crippen LogP contribution is 2.30. The molecule has 0 aliphatic carbocycles. The number of aliphatic hydroxyl groups is 1. The van der Waals surface area contributed by atoms with Crippen LogP contribution in [0.5, 0.6) is 0 Å². The Labute approximate surface area is 116 Å². The molecule has 0 amide bonds. The van der Waals surface area contributed by atoms with Gasteiger partial charge >= 0.3 is 0 Å². The minimum absolute atomic E-state index is 0.104. The van der Waals surface area contributed by atoms with Crippen LogP contribution >= 0.6 is 15.9 Å². The van der Waals surface area contributed by atoms with E-state index < -0.39 is 0 Å². The summed E-state index contributed by atoms with van der Waals surface area (Å²) < 4.78 is 14.7. The van der Waals surface area contributed by atoms with E-state index in [1.54, 1.807) is 6.07 Å². The number of benzene rings is 1. The highest BCUT2D eigenvalue weighted by Gasteiger charge is 2.18. The number of hydrogen-bond acceptors (Lipinski definition) is 3. The molecule has 102 valence electrons. The quantitative estimate of drug-likeness (QED) is 0.847. The van der Waals surface area contributed by atoms with Crippen LogP contribution in [0.2, 0.25) is 0 Å². The standard InChI is InChI=1S/C13H20BrFN2O/c1-9(2)17(6-3-7-18)11-5-4-10(8-16)12(14)13(11)15/h4-5,9,18H,3,6-8,16H2,1-2H3. The van der Waals surface area contributed by atoms with Crippen LogP contribution in [0, 0.1) is 5.82 Å². The van der Waals surface area contributed by atoms with E-state index in [1.807, 2.05) is 24.8 Å². The summed E-state index contributed by atoms with van der Waals surface area (Å²) in [6.45, 7) is 5.03. The molecule has 0 heterocycles. The molecular weight excluding hydrogens is 299 g/mol. The van der Waals surface area contributed by atoms with Crippen molar-refractivity contribution in [2.75, 3.05) is 18.1 Å². The van der Waals surface area contributed by atoms with Crippen LogP contribution in [0.4, 0.5) is 10.1 Å². The Morgan fingerprint density at radius 2 is 2.11 bits per heavy atom. The van der Waals surface area contributed by atoms with Crippen molar-refractivity contribution in [1.29, 1.82) is 0 Å². The van der Waals surface area contributed by atoms with Crippen molar-refractivity contribution in [3.63, 3.8) is 0 Å². The predicted octanol–water partition coefficient (Wildman–Crippen LogP) is 2.64. The summed E-state index contributed by atoms with van der Waals surface area (Å²) in [4.78, 5) is 1.94. The van der Waals surface area contributed by atoms with Gasteiger partial charge in [-0.3, -0.25) is 0 Å². The summed E-state index contributed by atoms with van der Waals surface area (Å²) in [5.74, 6) is -0.287. The first-order valence-corrected chi connectivity index (χ1v) is 6.86. The van der Waals surface area contributed by atoms with Crippen LogP contribution in [0.3, 0.4) is 0 Å². The van der Waals surface area contributed by atoms with Crippen LogP contribution in [0.15, 0.2) is 16.6 Å². The first-order valence-electron chi connectivity index (χ1n) is 6.07. The Kier molecular flexibility index (Phi) is 6.05. The topological polar surface area (TPSA) is 49.5 Å². The van der Waals surface area contributed by atoms with Crippen molar-refractivity contribution in [3.8, 4) is 0 Å². The first kappa shape index (κ1) is 15.4. The van der Waals surface area contributed by atoms with Crippen molar-refractivity contribution >= 4 is 21.6 Å². The van der Waals surface area contributed by atoms with Gasteiger partial charge in [-0.25, -0.2) is 4.39 Å². The Balaban J connectivity index is 3.09. The maximum Gasteiger partial charge on any atom is 0.160 e. The zero-order chi connectivity index (χ0) is 13.7. The largest absolute Gasteiger partial charge is 0.396 e. The van der Waals surface area contributed by atoms with Gasteiger partial charge in [-0.05, 0) is 47.8 Å². The Morgan fingerprint density at radius 1 is 1.44 bits per heavy atom. The van der Waals surface area contributed by atoms with Crippen LogP contribution in [-0.2, 0) is 6.54 Å². The first-order chi connectivity index (χ1) is 8.52. The number of anilines is 1. The molecule has 0 aliphatic heterocycles. The maximum absolute atomic E-state index is 14.3. The Hall–Kier alpha value is -0.650. The maximum atomic E-state index is 14.3. The van der Waals surface area contributed by atoms with E-state index in [9.17, 15) is 4.39 Å². The summed E-state index contributed by atoms with van der Waals surface area (Å²) in [6.07, 6.45) is 0.619. The normalized spacial score (nSPS) is 11.1. The van der Waals surface area contributed by atoms with Gasteiger partial charge in [0.15, 0.2) is 5.82 Å². The molecule has 0 saturated heterocycles. The molecular formula is C13H20BrFN2O. The second-order valence-electron chi connectivity index (χ2n) is 4.44. The van der Waals surface area contributed by atoms with Crippen molar-refractivity contribution in [2.45, 2.75) is 32.9 Å². The Morgan fingerprint density at radius 3 is 2.61 bits per heavy atom. The fourth-order valence-corrected chi connectivity index (χ4v) is 2.35. The lowest BCUT2D eigenvalue weighted by Gasteiger charge is -2.29. The number of nitrogens with zero attached hydrogens (tertiary/aromatic N) is 1. The zero-order valence-electron chi connectivity index (χ0n) is 10.8. The molecule has 0 aliphatic rings. The predicted molar refractivity (Wildman–Crippen MR) is 76.2 cm³/mol. The lowest BCUT2D eigenvalue weighted by atomic mass is 10.1. The lowest BCUT2D eigenvalue weighted by molar-refractivity contribution is 0.288. The fraction of sp³-hybridized carbons (Fsp3) is 0.538. The van der Waals surface area contributed by atoms with Crippen LogP contribution < -0.4 is 10.6 Å². The third-order valence-corrected chi connectivity index (χ3v) is 3.71. The van der Waals surface area contributed by atoms with E-state index in [0.717, 1.165) is 5.56 Å². The molecule has 3 nitrogen and oxygen atoms in total. The van der Waals surface area contributed by atoms with Crippen LogP contribution in [0.1, 0.15) is 25.8 Å². The molecule has 0 atom stereocenters. The van der Waals surface area contributed by atoms with E-state index in [4.69, 9.17) is 10.8 Å². The molecule has 0 aromatic heterocycles. The molecule has 1 rings (SSSR count). The summed E-state index contributed by atoms with van der Waals surface area (Å²) in [6, 6.07) is 3.75. The second-order valence-corrected chi connectivity index (χ2v) is 5.23. The SMILES string of the molecule is CC(C)N(CCCO)c1ccc(CN)c(Br)c1F. The molecule has 0 spiro atoms. The Bertz CT molecular complexity index is 399. The average Bonchev–Trinajstić information content (AvgIpc) is 2.34. The molecule has 0 saturated carbocycles. The van der Waals surface area contributed by atoms with Gasteiger partial charge in [-0.15, -0.1) is 0 Å². The fourth-order valence-electron chi connectivity index (χ4n) is 1.86. The molecule has 1 aromatic carbocycles. The number of aliphatic hydroxyl groups excluding tert-OH is 1. The minimum Gasteiger partial charge on any atom is -0.396 e.